The molecule has 1 aliphatic rings. The molecule has 0 unspecified atom stereocenters. The Kier molecular flexibility index (Phi) is 6.55. The number of aryl methyl sites for hydroxylation is 3. The molecule has 1 aromatic heterocycles. The first-order valence-electron chi connectivity index (χ1n) is 9.67. The SMILES string of the molecule is CC(=NNC(=O)C1CCN(S(=O)(=O)c2ccc(C)cc2)CC1)c1cc(C)sc1C. The summed E-state index contributed by atoms with van der Waals surface area (Å²) in [5.74, 6) is -0.386. The molecular weight excluding hydrogens is 406 g/mol. The summed E-state index contributed by atoms with van der Waals surface area (Å²) >= 11 is 1.71. The van der Waals surface area contributed by atoms with Gasteiger partial charge in [-0.2, -0.15) is 9.41 Å². The van der Waals surface area contributed by atoms with Crippen LogP contribution in [-0.2, 0) is 14.8 Å². The first-order valence-corrected chi connectivity index (χ1v) is 11.9. The van der Waals surface area contributed by atoms with Crippen LogP contribution in [0.25, 0.3) is 0 Å². The average Bonchev–Trinajstić information content (AvgIpc) is 3.04. The number of benzene rings is 1. The van der Waals surface area contributed by atoms with Crippen molar-refractivity contribution in [1.82, 2.24) is 9.73 Å². The fourth-order valence-corrected chi connectivity index (χ4v) is 5.94. The Labute approximate surface area is 176 Å². The minimum absolute atomic E-state index is 0.152. The normalized spacial score (nSPS) is 16.8. The van der Waals surface area contributed by atoms with Gasteiger partial charge in [0.05, 0.1) is 10.6 Å². The van der Waals surface area contributed by atoms with Gasteiger partial charge in [-0.05, 0) is 58.7 Å². The molecule has 1 N–H and O–H groups in total. The molecule has 0 saturated carbocycles. The van der Waals surface area contributed by atoms with Crippen LogP contribution in [0.1, 0.15) is 40.6 Å². The second-order valence-corrected chi connectivity index (χ2v) is 10.9. The lowest BCUT2D eigenvalue weighted by molar-refractivity contribution is -0.126. The van der Waals surface area contributed by atoms with Crippen LogP contribution in [0.5, 0.6) is 0 Å². The monoisotopic (exact) mass is 433 g/mol. The number of nitrogens with one attached hydrogen (secondary N) is 1. The molecule has 29 heavy (non-hydrogen) atoms. The van der Waals surface area contributed by atoms with Gasteiger partial charge in [-0.1, -0.05) is 17.7 Å². The van der Waals surface area contributed by atoms with E-state index in [4.69, 9.17) is 0 Å². The lowest BCUT2D eigenvalue weighted by Gasteiger charge is -2.30. The zero-order valence-corrected chi connectivity index (χ0v) is 18.9. The van der Waals surface area contributed by atoms with Crippen molar-refractivity contribution in [3.8, 4) is 0 Å². The summed E-state index contributed by atoms with van der Waals surface area (Å²) in [5.41, 5.74) is 5.51. The molecule has 1 aliphatic heterocycles. The predicted molar refractivity (Wildman–Crippen MR) is 117 cm³/mol. The number of hydrogen-bond donors (Lipinski definition) is 1. The van der Waals surface area contributed by atoms with E-state index in [2.05, 4.69) is 16.6 Å². The fraction of sp³-hybridized carbons (Fsp3) is 0.429. The molecule has 156 valence electrons. The van der Waals surface area contributed by atoms with E-state index in [1.807, 2.05) is 27.7 Å². The minimum Gasteiger partial charge on any atom is -0.273 e. The number of carbonyl (C=O) groups excluding carboxylic acids is 1. The van der Waals surface area contributed by atoms with E-state index in [0.29, 0.717) is 30.8 Å². The van der Waals surface area contributed by atoms with Crippen LogP contribution in [0, 0.1) is 26.7 Å². The highest BCUT2D eigenvalue weighted by molar-refractivity contribution is 7.89. The van der Waals surface area contributed by atoms with Gasteiger partial charge in [0.25, 0.3) is 0 Å². The molecule has 0 spiro atoms. The number of carbonyl (C=O) groups is 1. The van der Waals surface area contributed by atoms with Crippen molar-refractivity contribution in [2.45, 2.75) is 45.4 Å². The minimum atomic E-state index is -3.52. The summed E-state index contributed by atoms with van der Waals surface area (Å²) in [6.45, 7) is 8.56. The third-order valence-corrected chi connectivity index (χ3v) is 8.13. The number of hydrazone groups is 1. The summed E-state index contributed by atoms with van der Waals surface area (Å²) in [4.78, 5) is 15.2. The van der Waals surface area contributed by atoms with E-state index in [1.165, 1.54) is 14.1 Å². The van der Waals surface area contributed by atoms with Crippen LogP contribution < -0.4 is 5.43 Å². The topological polar surface area (TPSA) is 78.8 Å². The third-order valence-electron chi connectivity index (χ3n) is 5.25. The molecule has 1 aromatic carbocycles. The maximum Gasteiger partial charge on any atom is 0.243 e. The summed E-state index contributed by atoms with van der Waals surface area (Å²) in [6, 6.07) is 8.93. The Morgan fingerprint density at radius 1 is 1.14 bits per heavy atom. The van der Waals surface area contributed by atoms with Gasteiger partial charge in [0.1, 0.15) is 0 Å². The van der Waals surface area contributed by atoms with Crippen molar-refractivity contribution in [2.24, 2.45) is 11.0 Å². The molecule has 0 radical (unpaired) electrons. The van der Waals surface area contributed by atoms with Crippen LogP contribution in [0.3, 0.4) is 0 Å². The maximum absolute atomic E-state index is 12.8. The van der Waals surface area contributed by atoms with Crippen molar-refractivity contribution in [3.05, 3.63) is 51.2 Å². The van der Waals surface area contributed by atoms with Gasteiger partial charge in [0, 0.05) is 34.3 Å². The van der Waals surface area contributed by atoms with E-state index in [9.17, 15) is 13.2 Å². The summed E-state index contributed by atoms with van der Waals surface area (Å²) in [6.07, 6.45) is 0.976. The van der Waals surface area contributed by atoms with Crippen molar-refractivity contribution in [3.63, 3.8) is 0 Å². The van der Waals surface area contributed by atoms with Gasteiger partial charge in [-0.15, -0.1) is 11.3 Å². The number of nitrogens with zero attached hydrogens (tertiary/aromatic N) is 2. The molecule has 0 aliphatic carbocycles. The highest BCUT2D eigenvalue weighted by atomic mass is 32.2. The second kappa shape index (κ2) is 8.77. The fourth-order valence-electron chi connectivity index (χ4n) is 3.50. The Morgan fingerprint density at radius 2 is 1.76 bits per heavy atom. The third kappa shape index (κ3) is 4.94. The van der Waals surface area contributed by atoms with Crippen molar-refractivity contribution < 1.29 is 13.2 Å². The Hall–Kier alpha value is -2.03. The van der Waals surface area contributed by atoms with Crippen LogP contribution >= 0.6 is 11.3 Å². The predicted octanol–water partition coefficient (Wildman–Crippen LogP) is 3.61. The lowest BCUT2D eigenvalue weighted by atomic mass is 9.98. The molecule has 0 bridgehead atoms. The highest BCUT2D eigenvalue weighted by Crippen LogP contribution is 2.24. The number of rotatable bonds is 5. The van der Waals surface area contributed by atoms with E-state index in [0.717, 1.165) is 16.8 Å². The standard InChI is InChI=1S/C21H27N3O3S2/c1-14-5-7-19(8-6-14)29(26,27)24-11-9-18(10-12-24)21(25)23-22-16(3)20-13-15(2)28-17(20)4/h5-8,13,18H,9-12H2,1-4H3,(H,23,25). The maximum atomic E-state index is 12.8. The second-order valence-electron chi connectivity index (χ2n) is 7.49. The molecule has 1 amide bonds. The Bertz CT molecular complexity index is 1020. The Balaban J connectivity index is 1.58. The molecule has 2 heterocycles. The lowest BCUT2D eigenvalue weighted by Crippen LogP contribution is -2.42. The zero-order chi connectivity index (χ0) is 21.2. The van der Waals surface area contributed by atoms with E-state index < -0.39 is 10.0 Å². The quantitative estimate of drug-likeness (QED) is 0.578. The highest BCUT2D eigenvalue weighted by Gasteiger charge is 2.32. The van der Waals surface area contributed by atoms with Gasteiger partial charge in [-0.3, -0.25) is 4.79 Å². The summed E-state index contributed by atoms with van der Waals surface area (Å²) in [5, 5.41) is 4.26. The number of piperidine rings is 1. The van der Waals surface area contributed by atoms with E-state index >= 15 is 0 Å². The smallest absolute Gasteiger partial charge is 0.243 e. The van der Waals surface area contributed by atoms with Gasteiger partial charge in [0.2, 0.25) is 15.9 Å². The van der Waals surface area contributed by atoms with Gasteiger partial charge < -0.3 is 0 Å². The molecule has 0 atom stereocenters. The summed E-state index contributed by atoms with van der Waals surface area (Å²) in [7, 11) is -3.52. The zero-order valence-electron chi connectivity index (χ0n) is 17.2. The number of hydrogen-bond acceptors (Lipinski definition) is 5. The molecule has 6 nitrogen and oxygen atoms in total. The van der Waals surface area contributed by atoms with Crippen molar-refractivity contribution in [2.75, 3.05) is 13.1 Å². The molecular formula is C21H27N3O3S2. The average molecular weight is 434 g/mol. The number of sulfonamides is 1. The number of amides is 1. The Morgan fingerprint density at radius 3 is 2.31 bits per heavy atom. The van der Waals surface area contributed by atoms with Gasteiger partial charge in [-0.25, -0.2) is 13.8 Å². The molecule has 1 fully saturated rings. The van der Waals surface area contributed by atoms with E-state index in [1.54, 1.807) is 35.6 Å². The largest absolute Gasteiger partial charge is 0.273 e. The van der Waals surface area contributed by atoms with Crippen LogP contribution in [0.4, 0.5) is 0 Å². The molecule has 8 heteroatoms. The molecule has 3 rings (SSSR count). The summed E-state index contributed by atoms with van der Waals surface area (Å²) < 4.78 is 27.0. The van der Waals surface area contributed by atoms with Crippen LogP contribution in [0.2, 0.25) is 0 Å². The number of thiophene rings is 1. The van der Waals surface area contributed by atoms with Gasteiger partial charge in [0.15, 0.2) is 0 Å². The van der Waals surface area contributed by atoms with Crippen LogP contribution in [0.15, 0.2) is 40.3 Å². The van der Waals surface area contributed by atoms with E-state index in [-0.39, 0.29) is 11.8 Å². The van der Waals surface area contributed by atoms with Crippen molar-refractivity contribution in [1.29, 1.82) is 0 Å². The first-order chi connectivity index (χ1) is 13.7. The van der Waals surface area contributed by atoms with Crippen molar-refractivity contribution >= 4 is 33.0 Å². The molecule has 1 saturated heterocycles. The van der Waals surface area contributed by atoms with Crippen LogP contribution in [-0.4, -0.2) is 37.4 Å². The van der Waals surface area contributed by atoms with Gasteiger partial charge >= 0.3 is 0 Å². The molecule has 2 aromatic rings. The first kappa shape index (κ1) is 21.7.